The van der Waals surface area contributed by atoms with Gasteiger partial charge in [-0.3, -0.25) is 0 Å². The van der Waals surface area contributed by atoms with E-state index in [0.717, 1.165) is 25.2 Å². The molecule has 0 aliphatic carbocycles. The van der Waals surface area contributed by atoms with Gasteiger partial charge >= 0.3 is 0 Å². The molecule has 1 aliphatic heterocycles. The highest BCUT2D eigenvalue weighted by atomic mass is 16.5. The standard InChI is InChI=1S/C14H17N3O3/c15-10-3-5-11(6-4-10)19-9-14-16-13(17-20-14)8-12-2-1-7-18-12/h3-6,12H,1-2,7-9,15H2. The van der Waals surface area contributed by atoms with Gasteiger partial charge in [0.15, 0.2) is 12.4 Å². The van der Waals surface area contributed by atoms with E-state index < -0.39 is 0 Å². The van der Waals surface area contributed by atoms with Crippen molar-refractivity contribution < 1.29 is 14.0 Å². The Hall–Kier alpha value is -2.08. The van der Waals surface area contributed by atoms with Crippen molar-refractivity contribution >= 4 is 5.69 Å². The molecule has 1 atom stereocenters. The van der Waals surface area contributed by atoms with Crippen molar-refractivity contribution in [3.8, 4) is 5.75 Å². The topological polar surface area (TPSA) is 83.4 Å². The summed E-state index contributed by atoms with van der Waals surface area (Å²) in [5.74, 6) is 1.86. The molecular weight excluding hydrogens is 258 g/mol. The van der Waals surface area contributed by atoms with Crippen molar-refractivity contribution in [3.05, 3.63) is 36.0 Å². The Labute approximate surface area is 116 Å². The molecule has 1 saturated heterocycles. The van der Waals surface area contributed by atoms with E-state index in [1.165, 1.54) is 0 Å². The first-order valence-corrected chi connectivity index (χ1v) is 6.71. The van der Waals surface area contributed by atoms with Gasteiger partial charge in [-0.1, -0.05) is 5.16 Å². The highest BCUT2D eigenvalue weighted by Crippen LogP contribution is 2.17. The quantitative estimate of drug-likeness (QED) is 0.840. The molecule has 0 bridgehead atoms. The van der Waals surface area contributed by atoms with Crippen LogP contribution in [-0.4, -0.2) is 22.9 Å². The first kappa shape index (κ1) is 12.9. The Morgan fingerprint density at radius 2 is 2.15 bits per heavy atom. The molecule has 6 heteroatoms. The third kappa shape index (κ3) is 3.27. The smallest absolute Gasteiger partial charge is 0.264 e. The minimum absolute atomic E-state index is 0.221. The van der Waals surface area contributed by atoms with Crippen molar-refractivity contribution in [1.82, 2.24) is 10.1 Å². The fraction of sp³-hybridized carbons (Fsp3) is 0.429. The monoisotopic (exact) mass is 275 g/mol. The number of aromatic nitrogens is 2. The second-order valence-electron chi connectivity index (χ2n) is 4.80. The molecule has 2 aromatic rings. The van der Waals surface area contributed by atoms with E-state index in [2.05, 4.69) is 10.1 Å². The lowest BCUT2D eigenvalue weighted by Crippen LogP contribution is -2.10. The second-order valence-corrected chi connectivity index (χ2v) is 4.80. The molecule has 1 aliphatic rings. The van der Waals surface area contributed by atoms with E-state index in [-0.39, 0.29) is 12.7 Å². The molecule has 0 radical (unpaired) electrons. The number of benzene rings is 1. The maximum Gasteiger partial charge on any atom is 0.264 e. The summed E-state index contributed by atoms with van der Waals surface area (Å²) in [5, 5.41) is 3.94. The molecule has 20 heavy (non-hydrogen) atoms. The van der Waals surface area contributed by atoms with Crippen LogP contribution in [0.1, 0.15) is 24.6 Å². The normalized spacial score (nSPS) is 18.3. The number of rotatable bonds is 5. The molecule has 1 aromatic heterocycles. The molecule has 2 N–H and O–H groups in total. The number of nitrogen functional groups attached to an aromatic ring is 1. The number of hydrogen-bond acceptors (Lipinski definition) is 6. The summed E-state index contributed by atoms with van der Waals surface area (Å²) in [7, 11) is 0. The molecule has 0 saturated carbocycles. The lowest BCUT2D eigenvalue weighted by molar-refractivity contribution is 0.109. The summed E-state index contributed by atoms with van der Waals surface area (Å²) in [6.45, 7) is 1.08. The van der Waals surface area contributed by atoms with E-state index in [1.807, 2.05) is 0 Å². The summed E-state index contributed by atoms with van der Waals surface area (Å²) < 4.78 is 16.2. The fourth-order valence-electron chi connectivity index (χ4n) is 2.15. The van der Waals surface area contributed by atoms with Gasteiger partial charge in [0.2, 0.25) is 0 Å². The molecule has 2 heterocycles. The largest absolute Gasteiger partial charge is 0.484 e. The first-order chi connectivity index (χ1) is 9.79. The lowest BCUT2D eigenvalue weighted by Gasteiger charge is -2.04. The predicted molar refractivity (Wildman–Crippen MR) is 72.2 cm³/mol. The van der Waals surface area contributed by atoms with Gasteiger partial charge in [0, 0.05) is 18.7 Å². The molecule has 0 spiro atoms. The Morgan fingerprint density at radius 1 is 1.30 bits per heavy atom. The average Bonchev–Trinajstić information content (AvgIpc) is 3.11. The number of anilines is 1. The van der Waals surface area contributed by atoms with Crippen LogP contribution in [0.2, 0.25) is 0 Å². The Morgan fingerprint density at radius 3 is 2.90 bits per heavy atom. The van der Waals surface area contributed by atoms with Crippen LogP contribution in [0.25, 0.3) is 0 Å². The number of nitrogens with two attached hydrogens (primary N) is 1. The van der Waals surface area contributed by atoms with Gasteiger partial charge in [-0.15, -0.1) is 0 Å². The van der Waals surface area contributed by atoms with Crippen LogP contribution in [0, 0.1) is 0 Å². The zero-order chi connectivity index (χ0) is 13.8. The zero-order valence-electron chi connectivity index (χ0n) is 11.1. The maximum atomic E-state index is 5.61. The summed E-state index contributed by atoms with van der Waals surface area (Å²) in [6.07, 6.45) is 3.09. The van der Waals surface area contributed by atoms with Gasteiger partial charge in [0.1, 0.15) is 5.75 Å². The summed E-state index contributed by atoms with van der Waals surface area (Å²) >= 11 is 0. The Balaban J connectivity index is 1.52. The van der Waals surface area contributed by atoms with E-state index in [4.69, 9.17) is 19.7 Å². The summed E-state index contributed by atoms with van der Waals surface area (Å²) in [6, 6.07) is 7.18. The molecule has 1 unspecified atom stereocenters. The highest BCUT2D eigenvalue weighted by molar-refractivity contribution is 5.41. The van der Waals surface area contributed by atoms with E-state index in [1.54, 1.807) is 24.3 Å². The fourth-order valence-corrected chi connectivity index (χ4v) is 2.15. The van der Waals surface area contributed by atoms with Gasteiger partial charge in [0.25, 0.3) is 5.89 Å². The van der Waals surface area contributed by atoms with Crippen LogP contribution in [0.15, 0.2) is 28.8 Å². The van der Waals surface area contributed by atoms with Crippen molar-refractivity contribution in [2.24, 2.45) is 0 Å². The SMILES string of the molecule is Nc1ccc(OCc2nc(CC3CCCO3)no2)cc1. The molecule has 1 fully saturated rings. The molecule has 3 rings (SSSR count). The molecule has 0 amide bonds. The van der Waals surface area contributed by atoms with Gasteiger partial charge in [-0.2, -0.15) is 4.98 Å². The lowest BCUT2D eigenvalue weighted by atomic mass is 10.2. The predicted octanol–water partition coefficient (Wildman–Crippen LogP) is 1.95. The van der Waals surface area contributed by atoms with Crippen LogP contribution in [0.4, 0.5) is 5.69 Å². The number of hydrogen-bond donors (Lipinski definition) is 1. The van der Waals surface area contributed by atoms with E-state index in [0.29, 0.717) is 23.8 Å². The van der Waals surface area contributed by atoms with Gasteiger partial charge in [-0.25, -0.2) is 0 Å². The second kappa shape index (κ2) is 5.92. The van der Waals surface area contributed by atoms with Crippen molar-refractivity contribution in [3.63, 3.8) is 0 Å². The summed E-state index contributed by atoms with van der Waals surface area (Å²) in [5.41, 5.74) is 6.31. The van der Waals surface area contributed by atoms with Gasteiger partial charge < -0.3 is 19.7 Å². The maximum absolute atomic E-state index is 5.61. The Kier molecular flexibility index (Phi) is 3.83. The third-order valence-corrected chi connectivity index (χ3v) is 3.19. The van der Waals surface area contributed by atoms with Crippen molar-refractivity contribution in [2.75, 3.05) is 12.3 Å². The van der Waals surface area contributed by atoms with E-state index >= 15 is 0 Å². The molecule has 1 aromatic carbocycles. The molecular formula is C14H17N3O3. The molecule has 106 valence electrons. The van der Waals surface area contributed by atoms with Crippen LogP contribution in [-0.2, 0) is 17.8 Å². The number of ether oxygens (including phenoxy) is 2. The van der Waals surface area contributed by atoms with Crippen LogP contribution in [0.3, 0.4) is 0 Å². The van der Waals surface area contributed by atoms with Gasteiger partial charge in [0.05, 0.1) is 6.10 Å². The minimum atomic E-state index is 0.221. The van der Waals surface area contributed by atoms with Crippen LogP contribution < -0.4 is 10.5 Å². The van der Waals surface area contributed by atoms with E-state index in [9.17, 15) is 0 Å². The molecule has 6 nitrogen and oxygen atoms in total. The third-order valence-electron chi connectivity index (χ3n) is 3.19. The summed E-state index contributed by atoms with van der Waals surface area (Å²) in [4.78, 5) is 4.30. The minimum Gasteiger partial charge on any atom is -0.484 e. The zero-order valence-corrected chi connectivity index (χ0v) is 11.1. The Bertz CT molecular complexity index is 547. The van der Waals surface area contributed by atoms with Gasteiger partial charge in [-0.05, 0) is 37.1 Å². The van der Waals surface area contributed by atoms with Crippen molar-refractivity contribution in [1.29, 1.82) is 0 Å². The highest BCUT2D eigenvalue weighted by Gasteiger charge is 2.19. The number of nitrogens with zero attached hydrogens (tertiary/aromatic N) is 2. The average molecular weight is 275 g/mol. The van der Waals surface area contributed by atoms with Crippen molar-refractivity contribution in [2.45, 2.75) is 32.0 Å². The van der Waals surface area contributed by atoms with Crippen LogP contribution in [0.5, 0.6) is 5.75 Å². The van der Waals surface area contributed by atoms with Crippen LogP contribution >= 0.6 is 0 Å². The first-order valence-electron chi connectivity index (χ1n) is 6.71.